The third-order valence-electron chi connectivity index (χ3n) is 4.07. The number of hydrogen-bond acceptors (Lipinski definition) is 2. The second kappa shape index (κ2) is 5.88. The highest BCUT2D eigenvalue weighted by Gasteiger charge is 2.31. The summed E-state index contributed by atoms with van der Waals surface area (Å²) in [6.45, 7) is 4.81. The molecule has 19 heavy (non-hydrogen) atoms. The first-order chi connectivity index (χ1) is 9.17. The second-order valence-electron chi connectivity index (χ2n) is 5.16. The summed E-state index contributed by atoms with van der Waals surface area (Å²) >= 11 is 0. The summed E-state index contributed by atoms with van der Waals surface area (Å²) < 4.78 is 0. The summed E-state index contributed by atoms with van der Waals surface area (Å²) in [5.41, 5.74) is 1.75. The second-order valence-corrected chi connectivity index (χ2v) is 5.16. The van der Waals surface area contributed by atoms with Crippen LogP contribution in [-0.2, 0) is 4.79 Å². The highest BCUT2D eigenvalue weighted by atomic mass is 16.2. The number of hydrogen-bond donors (Lipinski definition) is 0. The molecule has 0 bridgehead atoms. The molecule has 3 nitrogen and oxygen atoms in total. The Balaban J connectivity index is 2.12. The molecule has 100 valence electrons. The molecule has 1 aliphatic rings. The number of carbonyl (C=O) groups excluding carboxylic acids is 1. The van der Waals surface area contributed by atoms with Gasteiger partial charge in [0.15, 0.2) is 0 Å². The lowest BCUT2D eigenvalue weighted by Gasteiger charge is -2.35. The van der Waals surface area contributed by atoms with Gasteiger partial charge >= 0.3 is 0 Å². The first-order valence-electron chi connectivity index (χ1n) is 6.98. The first-order valence-corrected chi connectivity index (χ1v) is 6.98. The lowest BCUT2D eigenvalue weighted by molar-refractivity contribution is -0.140. The van der Waals surface area contributed by atoms with E-state index in [4.69, 9.17) is 5.26 Å². The van der Waals surface area contributed by atoms with Gasteiger partial charge in [0.25, 0.3) is 0 Å². The summed E-state index contributed by atoms with van der Waals surface area (Å²) in [6.07, 6.45) is 3.25. The Labute approximate surface area is 114 Å². The van der Waals surface area contributed by atoms with Gasteiger partial charge in [0, 0.05) is 12.5 Å². The molecule has 0 aromatic heterocycles. The molecule has 1 aliphatic carbocycles. The third-order valence-corrected chi connectivity index (χ3v) is 4.07. The van der Waals surface area contributed by atoms with Gasteiger partial charge in [-0.2, -0.15) is 5.26 Å². The van der Waals surface area contributed by atoms with Crippen LogP contribution in [0.1, 0.15) is 50.3 Å². The van der Waals surface area contributed by atoms with Crippen molar-refractivity contribution < 1.29 is 4.79 Å². The van der Waals surface area contributed by atoms with Gasteiger partial charge in [-0.1, -0.05) is 18.6 Å². The van der Waals surface area contributed by atoms with Crippen molar-refractivity contribution in [2.24, 2.45) is 5.92 Å². The molecule has 0 heterocycles. The molecule has 1 aromatic rings. The van der Waals surface area contributed by atoms with Crippen molar-refractivity contribution in [2.45, 2.75) is 39.2 Å². The van der Waals surface area contributed by atoms with Crippen LogP contribution >= 0.6 is 0 Å². The number of nitrogens with zero attached hydrogens (tertiary/aromatic N) is 2. The van der Waals surface area contributed by atoms with Gasteiger partial charge in [0.2, 0.25) is 5.91 Å². The van der Waals surface area contributed by atoms with E-state index in [1.54, 1.807) is 0 Å². The largest absolute Gasteiger partial charge is 0.336 e. The Morgan fingerprint density at radius 2 is 2.05 bits per heavy atom. The van der Waals surface area contributed by atoms with Crippen LogP contribution in [0.15, 0.2) is 24.3 Å². The predicted molar refractivity (Wildman–Crippen MR) is 74.3 cm³/mol. The maximum Gasteiger partial charge on any atom is 0.226 e. The first kappa shape index (κ1) is 13.6. The summed E-state index contributed by atoms with van der Waals surface area (Å²) in [6, 6.07) is 9.70. The molecule has 0 N–H and O–H groups in total. The molecule has 1 amide bonds. The van der Waals surface area contributed by atoms with Gasteiger partial charge in [-0.15, -0.1) is 0 Å². The van der Waals surface area contributed by atoms with Gasteiger partial charge < -0.3 is 4.90 Å². The normalized spacial score (nSPS) is 16.3. The predicted octanol–water partition coefficient (Wildman–Crippen LogP) is 3.27. The molecule has 3 heteroatoms. The van der Waals surface area contributed by atoms with Gasteiger partial charge in [-0.25, -0.2) is 0 Å². The van der Waals surface area contributed by atoms with Crippen LogP contribution in [0.5, 0.6) is 0 Å². The zero-order chi connectivity index (χ0) is 13.8. The van der Waals surface area contributed by atoms with Gasteiger partial charge in [0.1, 0.15) is 0 Å². The topological polar surface area (TPSA) is 44.1 Å². The summed E-state index contributed by atoms with van der Waals surface area (Å²) in [5.74, 6) is 0.520. The smallest absolute Gasteiger partial charge is 0.226 e. The Kier molecular flexibility index (Phi) is 4.21. The monoisotopic (exact) mass is 256 g/mol. The van der Waals surface area contributed by atoms with Gasteiger partial charge in [-0.05, 0) is 44.4 Å². The summed E-state index contributed by atoms with van der Waals surface area (Å²) in [4.78, 5) is 14.3. The van der Waals surface area contributed by atoms with E-state index in [2.05, 4.69) is 13.0 Å². The average Bonchev–Trinajstić information content (AvgIpc) is 2.37. The molecule has 1 aromatic carbocycles. The van der Waals surface area contributed by atoms with Gasteiger partial charge in [-0.3, -0.25) is 4.79 Å². The number of rotatable bonds is 4. The Morgan fingerprint density at radius 1 is 1.42 bits per heavy atom. The fourth-order valence-corrected chi connectivity index (χ4v) is 2.53. The Morgan fingerprint density at radius 3 is 2.47 bits per heavy atom. The quantitative estimate of drug-likeness (QED) is 0.830. The molecule has 1 unspecified atom stereocenters. The van der Waals surface area contributed by atoms with Crippen molar-refractivity contribution >= 4 is 5.91 Å². The molecule has 0 aliphatic heterocycles. The van der Waals surface area contributed by atoms with Crippen LogP contribution in [0.25, 0.3) is 0 Å². The highest BCUT2D eigenvalue weighted by molar-refractivity contribution is 5.80. The van der Waals surface area contributed by atoms with Crippen molar-refractivity contribution in [1.29, 1.82) is 5.26 Å². The van der Waals surface area contributed by atoms with Crippen LogP contribution in [-0.4, -0.2) is 17.4 Å². The number of benzene rings is 1. The lowest BCUT2D eigenvalue weighted by Crippen LogP contribution is -2.40. The van der Waals surface area contributed by atoms with Crippen molar-refractivity contribution in [3.8, 4) is 6.07 Å². The molecule has 0 radical (unpaired) electrons. The molecule has 1 atom stereocenters. The standard InChI is InChI=1S/C16H20N2O/c1-3-18(16(19)15-5-4-6-15)12(2)14-9-7-13(11-17)8-10-14/h7-10,12,15H,3-6H2,1-2H3. The lowest BCUT2D eigenvalue weighted by atomic mass is 9.84. The van der Waals surface area contributed by atoms with E-state index >= 15 is 0 Å². The van der Waals surface area contributed by atoms with Crippen LogP contribution in [0, 0.1) is 17.2 Å². The Bertz CT molecular complexity index is 482. The minimum Gasteiger partial charge on any atom is -0.336 e. The van der Waals surface area contributed by atoms with E-state index in [0.29, 0.717) is 5.56 Å². The molecule has 1 saturated carbocycles. The molecule has 0 saturated heterocycles. The van der Waals surface area contributed by atoms with Crippen molar-refractivity contribution in [2.75, 3.05) is 6.54 Å². The number of nitriles is 1. The van der Waals surface area contributed by atoms with Crippen molar-refractivity contribution in [3.05, 3.63) is 35.4 Å². The van der Waals surface area contributed by atoms with E-state index in [9.17, 15) is 4.79 Å². The van der Waals surface area contributed by atoms with E-state index in [1.165, 1.54) is 6.42 Å². The fraction of sp³-hybridized carbons (Fsp3) is 0.500. The van der Waals surface area contributed by atoms with Crippen LogP contribution in [0.4, 0.5) is 0 Å². The summed E-state index contributed by atoms with van der Waals surface area (Å²) in [7, 11) is 0. The molecule has 1 fully saturated rings. The van der Waals surface area contributed by atoms with Crippen molar-refractivity contribution in [1.82, 2.24) is 4.90 Å². The average molecular weight is 256 g/mol. The van der Waals surface area contributed by atoms with Gasteiger partial charge in [0.05, 0.1) is 17.7 Å². The maximum absolute atomic E-state index is 12.4. The molecular formula is C16H20N2O. The van der Waals surface area contributed by atoms with E-state index < -0.39 is 0 Å². The SMILES string of the molecule is CCN(C(=O)C1CCC1)C(C)c1ccc(C#N)cc1. The van der Waals surface area contributed by atoms with Crippen molar-refractivity contribution in [3.63, 3.8) is 0 Å². The van der Waals surface area contributed by atoms with Crippen LogP contribution < -0.4 is 0 Å². The van der Waals surface area contributed by atoms with E-state index in [1.807, 2.05) is 36.1 Å². The third kappa shape index (κ3) is 2.78. The Hall–Kier alpha value is -1.82. The summed E-state index contributed by atoms with van der Waals surface area (Å²) in [5, 5.41) is 8.81. The van der Waals surface area contributed by atoms with Crippen LogP contribution in [0.2, 0.25) is 0 Å². The molecular weight excluding hydrogens is 236 g/mol. The minimum absolute atomic E-state index is 0.0749. The maximum atomic E-state index is 12.4. The van der Waals surface area contributed by atoms with E-state index in [-0.39, 0.29) is 17.9 Å². The zero-order valence-electron chi connectivity index (χ0n) is 11.6. The number of amides is 1. The zero-order valence-corrected chi connectivity index (χ0v) is 11.6. The highest BCUT2D eigenvalue weighted by Crippen LogP contribution is 2.31. The fourth-order valence-electron chi connectivity index (χ4n) is 2.53. The van der Waals surface area contributed by atoms with Crippen LogP contribution in [0.3, 0.4) is 0 Å². The molecule has 2 rings (SSSR count). The minimum atomic E-state index is 0.0749. The molecule has 0 spiro atoms. The van der Waals surface area contributed by atoms with E-state index in [0.717, 1.165) is 24.9 Å². The number of carbonyl (C=O) groups is 1.